The van der Waals surface area contributed by atoms with Crippen LogP contribution in [0.4, 0.5) is 0 Å². The number of amides is 1. The van der Waals surface area contributed by atoms with E-state index in [0.29, 0.717) is 13.0 Å². The van der Waals surface area contributed by atoms with Crippen molar-refractivity contribution in [3.05, 3.63) is 56.7 Å². The molecule has 1 amide bonds. The summed E-state index contributed by atoms with van der Waals surface area (Å²) >= 11 is 5.02. The first-order chi connectivity index (χ1) is 8.24. The average Bonchev–Trinajstić information content (AvgIpc) is 2.83. The second-order valence-electron chi connectivity index (χ2n) is 3.66. The summed E-state index contributed by atoms with van der Waals surface area (Å²) in [6, 6.07) is 11.8. The molecule has 88 valence electrons. The molecule has 1 heterocycles. The highest BCUT2D eigenvalue weighted by Gasteiger charge is 2.03. The summed E-state index contributed by atoms with van der Waals surface area (Å²) in [4.78, 5) is 12.8. The molecule has 0 fully saturated rings. The first-order valence-electron chi connectivity index (χ1n) is 5.27. The summed E-state index contributed by atoms with van der Waals surface area (Å²) in [5.41, 5.74) is 1.02. The van der Waals surface area contributed by atoms with E-state index in [1.165, 1.54) is 4.88 Å². The minimum absolute atomic E-state index is 0.0562. The molecule has 2 rings (SSSR count). The SMILES string of the molecule is O=C(Cc1ccc(Br)cc1)NCc1cccs1. The van der Waals surface area contributed by atoms with Crippen LogP contribution in [-0.4, -0.2) is 5.91 Å². The zero-order valence-electron chi connectivity index (χ0n) is 9.15. The Labute approximate surface area is 113 Å². The lowest BCUT2D eigenvalue weighted by atomic mass is 10.1. The molecule has 0 aliphatic rings. The number of hydrogen-bond acceptors (Lipinski definition) is 2. The Morgan fingerprint density at radius 1 is 1.24 bits per heavy atom. The van der Waals surface area contributed by atoms with E-state index in [1.54, 1.807) is 11.3 Å². The van der Waals surface area contributed by atoms with Crippen molar-refractivity contribution in [3.8, 4) is 0 Å². The maximum atomic E-state index is 11.7. The molecule has 0 spiro atoms. The van der Waals surface area contributed by atoms with E-state index in [1.807, 2.05) is 41.8 Å². The Morgan fingerprint density at radius 2 is 2.00 bits per heavy atom. The highest BCUT2D eigenvalue weighted by molar-refractivity contribution is 9.10. The van der Waals surface area contributed by atoms with Gasteiger partial charge in [0.15, 0.2) is 0 Å². The molecule has 0 atom stereocenters. The van der Waals surface area contributed by atoms with Gasteiger partial charge in [-0.25, -0.2) is 0 Å². The zero-order valence-corrected chi connectivity index (χ0v) is 11.6. The van der Waals surface area contributed by atoms with Gasteiger partial charge in [-0.1, -0.05) is 34.1 Å². The minimum Gasteiger partial charge on any atom is -0.351 e. The van der Waals surface area contributed by atoms with E-state index in [9.17, 15) is 4.79 Å². The molecule has 0 radical (unpaired) electrons. The third-order valence-corrected chi connectivity index (χ3v) is 3.72. The van der Waals surface area contributed by atoms with E-state index in [2.05, 4.69) is 21.2 Å². The Hall–Kier alpha value is -1.13. The number of carbonyl (C=O) groups is 1. The fraction of sp³-hybridized carbons (Fsp3) is 0.154. The molecule has 1 N–H and O–H groups in total. The molecule has 0 aliphatic heterocycles. The van der Waals surface area contributed by atoms with Crippen LogP contribution in [0.15, 0.2) is 46.3 Å². The van der Waals surface area contributed by atoms with Crippen LogP contribution in [-0.2, 0) is 17.8 Å². The smallest absolute Gasteiger partial charge is 0.224 e. The molecule has 2 nitrogen and oxygen atoms in total. The summed E-state index contributed by atoms with van der Waals surface area (Å²) in [5.74, 6) is 0.0562. The average molecular weight is 310 g/mol. The molecule has 0 saturated heterocycles. The van der Waals surface area contributed by atoms with Gasteiger partial charge >= 0.3 is 0 Å². The van der Waals surface area contributed by atoms with Crippen molar-refractivity contribution < 1.29 is 4.79 Å². The molecule has 17 heavy (non-hydrogen) atoms. The number of carbonyl (C=O) groups excluding carboxylic acids is 1. The van der Waals surface area contributed by atoms with E-state index < -0.39 is 0 Å². The number of nitrogens with one attached hydrogen (secondary N) is 1. The minimum atomic E-state index is 0.0562. The summed E-state index contributed by atoms with van der Waals surface area (Å²) in [6.45, 7) is 0.618. The predicted molar refractivity (Wildman–Crippen MR) is 74.0 cm³/mol. The van der Waals surface area contributed by atoms with Crippen molar-refractivity contribution in [1.29, 1.82) is 0 Å². The van der Waals surface area contributed by atoms with Crippen LogP contribution in [0.1, 0.15) is 10.4 Å². The Bertz CT molecular complexity index is 479. The van der Waals surface area contributed by atoms with Crippen molar-refractivity contribution in [2.24, 2.45) is 0 Å². The van der Waals surface area contributed by atoms with Gasteiger partial charge in [0.1, 0.15) is 0 Å². The fourth-order valence-electron chi connectivity index (χ4n) is 1.45. The molecule has 0 saturated carbocycles. The molecule has 2 aromatic rings. The van der Waals surface area contributed by atoms with Crippen LogP contribution in [0.3, 0.4) is 0 Å². The third-order valence-electron chi connectivity index (χ3n) is 2.32. The lowest BCUT2D eigenvalue weighted by Gasteiger charge is -2.04. The van der Waals surface area contributed by atoms with E-state index in [-0.39, 0.29) is 5.91 Å². The van der Waals surface area contributed by atoms with Crippen molar-refractivity contribution in [3.63, 3.8) is 0 Å². The Kier molecular flexibility index (Phi) is 4.34. The van der Waals surface area contributed by atoms with Crippen molar-refractivity contribution in [1.82, 2.24) is 5.32 Å². The predicted octanol–water partition coefficient (Wildman–Crippen LogP) is 3.37. The van der Waals surface area contributed by atoms with Crippen LogP contribution in [0, 0.1) is 0 Å². The first-order valence-corrected chi connectivity index (χ1v) is 6.95. The number of benzene rings is 1. The second-order valence-corrected chi connectivity index (χ2v) is 5.61. The number of hydrogen-bond donors (Lipinski definition) is 1. The molecule has 1 aromatic heterocycles. The van der Waals surface area contributed by atoms with Gasteiger partial charge in [0.05, 0.1) is 13.0 Å². The summed E-state index contributed by atoms with van der Waals surface area (Å²) in [5, 5.41) is 4.92. The molecule has 1 aromatic carbocycles. The van der Waals surface area contributed by atoms with E-state index in [4.69, 9.17) is 0 Å². The maximum absolute atomic E-state index is 11.7. The van der Waals surface area contributed by atoms with Crippen LogP contribution in [0.5, 0.6) is 0 Å². The van der Waals surface area contributed by atoms with Crippen LogP contribution >= 0.6 is 27.3 Å². The van der Waals surface area contributed by atoms with Crippen molar-refractivity contribution in [2.75, 3.05) is 0 Å². The van der Waals surface area contributed by atoms with Crippen molar-refractivity contribution >= 4 is 33.2 Å². The summed E-state index contributed by atoms with van der Waals surface area (Å²) in [7, 11) is 0. The van der Waals surface area contributed by atoms with Crippen molar-refractivity contribution in [2.45, 2.75) is 13.0 Å². The summed E-state index contributed by atoms with van der Waals surface area (Å²) < 4.78 is 1.03. The third kappa shape index (κ3) is 3.98. The van der Waals surface area contributed by atoms with Gasteiger partial charge in [0.2, 0.25) is 5.91 Å². The zero-order chi connectivity index (χ0) is 12.1. The topological polar surface area (TPSA) is 29.1 Å². The number of halogens is 1. The molecule has 0 aliphatic carbocycles. The van der Waals surface area contributed by atoms with Gasteiger partial charge in [-0.2, -0.15) is 0 Å². The van der Waals surface area contributed by atoms with Crippen LogP contribution in [0.2, 0.25) is 0 Å². The maximum Gasteiger partial charge on any atom is 0.224 e. The normalized spacial score (nSPS) is 10.2. The second kappa shape index (κ2) is 5.98. The van der Waals surface area contributed by atoms with Gasteiger partial charge in [0, 0.05) is 9.35 Å². The molecular weight excluding hydrogens is 298 g/mol. The van der Waals surface area contributed by atoms with Crippen LogP contribution in [0.25, 0.3) is 0 Å². The Morgan fingerprint density at radius 3 is 2.65 bits per heavy atom. The molecule has 0 bridgehead atoms. The number of thiophene rings is 1. The standard InChI is InChI=1S/C13H12BrNOS/c14-11-5-3-10(4-6-11)8-13(16)15-9-12-2-1-7-17-12/h1-7H,8-9H2,(H,15,16). The van der Waals surface area contributed by atoms with Gasteiger partial charge in [-0.15, -0.1) is 11.3 Å². The molecule has 0 unspecified atom stereocenters. The van der Waals surface area contributed by atoms with Gasteiger partial charge in [-0.05, 0) is 29.1 Å². The first kappa shape index (κ1) is 12.3. The van der Waals surface area contributed by atoms with Gasteiger partial charge in [-0.3, -0.25) is 4.79 Å². The Balaban J connectivity index is 1.83. The highest BCUT2D eigenvalue weighted by Crippen LogP contribution is 2.11. The molecule has 4 heteroatoms. The van der Waals surface area contributed by atoms with E-state index >= 15 is 0 Å². The molecular formula is C13H12BrNOS. The lowest BCUT2D eigenvalue weighted by molar-refractivity contribution is -0.120. The monoisotopic (exact) mass is 309 g/mol. The van der Waals surface area contributed by atoms with Gasteiger partial charge < -0.3 is 5.32 Å². The quantitative estimate of drug-likeness (QED) is 0.922. The van der Waals surface area contributed by atoms with Gasteiger partial charge in [0.25, 0.3) is 0 Å². The number of rotatable bonds is 4. The largest absolute Gasteiger partial charge is 0.351 e. The fourth-order valence-corrected chi connectivity index (χ4v) is 2.36. The highest BCUT2D eigenvalue weighted by atomic mass is 79.9. The van der Waals surface area contributed by atoms with E-state index in [0.717, 1.165) is 10.0 Å². The van der Waals surface area contributed by atoms with Crippen LogP contribution < -0.4 is 5.32 Å². The summed E-state index contributed by atoms with van der Waals surface area (Å²) in [6.07, 6.45) is 0.429. The lowest BCUT2D eigenvalue weighted by Crippen LogP contribution is -2.24.